The molecule has 0 spiro atoms. The van der Waals surface area contributed by atoms with Crippen LogP contribution in [0.1, 0.15) is 12.8 Å². The van der Waals surface area contributed by atoms with Crippen molar-refractivity contribution in [3.8, 4) is 0 Å². The molecule has 0 unspecified atom stereocenters. The Labute approximate surface area is 173 Å². The Bertz CT molecular complexity index is 288. The topological polar surface area (TPSA) is 136 Å². The molecule has 0 bridgehead atoms. The van der Waals surface area contributed by atoms with Crippen LogP contribution in [0, 0.1) is 0 Å². The van der Waals surface area contributed by atoms with E-state index in [2.05, 4.69) is 0 Å². The van der Waals surface area contributed by atoms with Gasteiger partial charge in [-0.25, -0.2) is 0 Å². The van der Waals surface area contributed by atoms with Gasteiger partial charge in [-0.2, -0.15) is 0 Å². The first kappa shape index (κ1) is 31.0. The van der Waals surface area contributed by atoms with Crippen LogP contribution in [0.15, 0.2) is 0 Å². The summed E-state index contributed by atoms with van der Waals surface area (Å²) in [7, 11) is 3.19. The van der Waals surface area contributed by atoms with E-state index in [1.54, 1.807) is 14.2 Å². The molecule has 0 saturated carbocycles. The molecule has 0 rings (SSSR count). The van der Waals surface area contributed by atoms with E-state index in [4.69, 9.17) is 28.4 Å². The Kier molecular flexibility index (Phi) is 31.7. The van der Waals surface area contributed by atoms with E-state index in [1.165, 1.54) is 0 Å². The van der Waals surface area contributed by atoms with Crippen molar-refractivity contribution in [1.82, 2.24) is 0 Å². The summed E-state index contributed by atoms with van der Waals surface area (Å²) in [6.07, 6.45) is -0.143. The number of carbonyl (C=O) groups excluding carboxylic acids is 2. The van der Waals surface area contributed by atoms with Crippen LogP contribution in [-0.2, 0) is 57.5 Å². The molecule has 0 aromatic heterocycles. The first-order valence-electron chi connectivity index (χ1n) is 8.23. The predicted octanol–water partition coefficient (Wildman–Crippen LogP) is -2.39. The number of aliphatic carboxylic acids is 2. The summed E-state index contributed by atoms with van der Waals surface area (Å²) >= 11 is 0. The molecule has 0 N–H and O–H groups in total. The van der Waals surface area contributed by atoms with Gasteiger partial charge in [0.1, 0.15) is 0 Å². The van der Waals surface area contributed by atoms with E-state index in [0.717, 1.165) is 0 Å². The number of ether oxygens (including phenoxy) is 6. The normalized spacial score (nSPS) is 9.85. The zero-order chi connectivity index (χ0) is 19.9. The minimum Gasteiger partial charge on any atom is -0.550 e. The first-order valence-corrected chi connectivity index (χ1v) is 8.23. The molecule has 0 amide bonds. The zero-order valence-corrected chi connectivity index (χ0v) is 19.2. The molecule has 0 atom stereocenters. The summed E-state index contributed by atoms with van der Waals surface area (Å²) in [6.45, 7) is 4.23. The molecule has 0 radical (unpaired) electrons. The number of carboxylic acids is 2. The average Bonchev–Trinajstić information content (AvgIpc) is 2.60. The van der Waals surface area contributed by atoms with Crippen LogP contribution in [0.25, 0.3) is 0 Å². The minimum absolute atomic E-state index is 0. The first-order chi connectivity index (χ1) is 12.5. The third kappa shape index (κ3) is 36.9. The molecule has 27 heavy (non-hydrogen) atoms. The van der Waals surface area contributed by atoms with E-state index in [9.17, 15) is 19.8 Å². The quantitative estimate of drug-likeness (QED) is 0.165. The van der Waals surface area contributed by atoms with Crippen LogP contribution in [0.2, 0.25) is 0 Å². The van der Waals surface area contributed by atoms with E-state index >= 15 is 0 Å². The van der Waals surface area contributed by atoms with Gasteiger partial charge in [0.25, 0.3) is 0 Å². The summed E-state index contributed by atoms with van der Waals surface area (Å²) in [5.41, 5.74) is 0. The Morgan fingerprint density at radius 2 is 0.815 bits per heavy atom. The van der Waals surface area contributed by atoms with Gasteiger partial charge in [0.15, 0.2) is 0 Å². The zero-order valence-electron chi connectivity index (χ0n) is 16.3. The molecule has 10 nitrogen and oxygen atoms in total. The third-order valence-electron chi connectivity index (χ3n) is 2.51. The van der Waals surface area contributed by atoms with Crippen LogP contribution < -0.4 is 10.2 Å². The van der Waals surface area contributed by atoms with Crippen molar-refractivity contribution in [2.45, 2.75) is 12.8 Å². The van der Waals surface area contributed by atoms with Crippen LogP contribution in [-0.4, -0.2) is 92.2 Å². The number of methoxy groups -OCH3 is 2. The summed E-state index contributed by atoms with van der Waals surface area (Å²) in [5, 5.41) is 19.9. The fourth-order valence-corrected chi connectivity index (χ4v) is 1.24. The van der Waals surface area contributed by atoms with Gasteiger partial charge in [0.2, 0.25) is 0 Å². The maximum Gasteiger partial charge on any atom is 2.00 e. The Balaban J connectivity index is -0.000000411. The summed E-state index contributed by atoms with van der Waals surface area (Å²) in [4.78, 5) is 19.9. The van der Waals surface area contributed by atoms with Crippen molar-refractivity contribution in [2.75, 3.05) is 80.3 Å². The molecular formula is C16H30O10Zn. The van der Waals surface area contributed by atoms with Gasteiger partial charge in [-0.05, 0) is 0 Å². The monoisotopic (exact) mass is 446 g/mol. The molecule has 0 aromatic carbocycles. The molecule has 0 aliphatic carbocycles. The smallest absolute Gasteiger partial charge is 0.550 e. The summed E-state index contributed by atoms with van der Waals surface area (Å²) in [6, 6.07) is 0. The molecular weight excluding hydrogens is 418 g/mol. The van der Waals surface area contributed by atoms with Crippen molar-refractivity contribution >= 4 is 11.9 Å². The largest absolute Gasteiger partial charge is 2.00 e. The molecule has 0 aliphatic rings. The SMILES string of the molecule is COCCOCCOCCC(=O)[O-].COCCOCCOCCC(=O)[O-].[Zn+2]. The molecule has 0 aliphatic heterocycles. The number of carboxylic acid groups (broad SMARTS) is 2. The van der Waals surface area contributed by atoms with Gasteiger partial charge in [0.05, 0.1) is 66.1 Å². The van der Waals surface area contributed by atoms with E-state index in [0.29, 0.717) is 52.9 Å². The summed E-state index contributed by atoms with van der Waals surface area (Å²) < 4.78 is 29.5. The van der Waals surface area contributed by atoms with Gasteiger partial charge >= 0.3 is 19.5 Å². The van der Waals surface area contributed by atoms with E-state index < -0.39 is 11.9 Å². The average molecular weight is 448 g/mol. The maximum atomic E-state index is 9.93. The maximum absolute atomic E-state index is 9.93. The van der Waals surface area contributed by atoms with Gasteiger partial charge < -0.3 is 48.2 Å². The summed E-state index contributed by atoms with van der Waals surface area (Å²) in [5.74, 6) is -2.19. The second kappa shape index (κ2) is 27.5. The Hall–Kier alpha value is -0.677. The number of carbonyl (C=O) groups is 2. The van der Waals surface area contributed by atoms with Crippen LogP contribution in [0.3, 0.4) is 0 Å². The van der Waals surface area contributed by atoms with Crippen molar-refractivity contribution < 1.29 is 67.7 Å². The third-order valence-corrected chi connectivity index (χ3v) is 2.51. The van der Waals surface area contributed by atoms with Crippen LogP contribution >= 0.6 is 0 Å². The molecule has 11 heteroatoms. The molecule has 0 aromatic rings. The fourth-order valence-electron chi connectivity index (χ4n) is 1.24. The molecule has 0 saturated heterocycles. The molecule has 156 valence electrons. The van der Waals surface area contributed by atoms with Crippen molar-refractivity contribution in [3.05, 3.63) is 0 Å². The van der Waals surface area contributed by atoms with Crippen LogP contribution in [0.5, 0.6) is 0 Å². The molecule has 0 heterocycles. The van der Waals surface area contributed by atoms with Gasteiger partial charge in [-0.3, -0.25) is 0 Å². The second-order valence-corrected chi connectivity index (χ2v) is 4.68. The second-order valence-electron chi connectivity index (χ2n) is 4.68. The van der Waals surface area contributed by atoms with Crippen molar-refractivity contribution in [1.29, 1.82) is 0 Å². The van der Waals surface area contributed by atoms with Gasteiger partial charge in [0, 0.05) is 39.0 Å². The fraction of sp³-hybridized carbons (Fsp3) is 0.875. The number of hydrogen-bond acceptors (Lipinski definition) is 10. The number of rotatable bonds is 18. The number of hydrogen-bond donors (Lipinski definition) is 0. The predicted molar refractivity (Wildman–Crippen MR) is 86.3 cm³/mol. The standard InChI is InChI=1S/2C8H16O5.Zn/c2*1-11-4-5-13-7-6-12-3-2-8(9)10;/h2*2-7H2,1H3,(H,9,10);/q;;+2/p-2. The Morgan fingerprint density at radius 1 is 0.556 bits per heavy atom. The van der Waals surface area contributed by atoms with Gasteiger partial charge in [-0.1, -0.05) is 0 Å². The van der Waals surface area contributed by atoms with Crippen molar-refractivity contribution in [3.63, 3.8) is 0 Å². The Morgan fingerprint density at radius 3 is 1.07 bits per heavy atom. The van der Waals surface area contributed by atoms with E-state index in [-0.39, 0.29) is 45.5 Å². The van der Waals surface area contributed by atoms with Crippen LogP contribution in [0.4, 0.5) is 0 Å². The van der Waals surface area contributed by atoms with E-state index in [1.807, 2.05) is 0 Å². The van der Waals surface area contributed by atoms with Crippen molar-refractivity contribution in [2.24, 2.45) is 0 Å². The van der Waals surface area contributed by atoms with Gasteiger partial charge in [-0.15, -0.1) is 0 Å². The minimum atomic E-state index is -1.10. The molecule has 0 fully saturated rings.